The molecule has 3 heterocycles. The second kappa shape index (κ2) is 11.7. The molecule has 10 heteroatoms. The van der Waals surface area contributed by atoms with Crippen molar-refractivity contribution in [2.75, 3.05) is 49.7 Å². The molecule has 0 atom stereocenters. The number of anilines is 2. The molecule has 2 aliphatic heterocycles. The summed E-state index contributed by atoms with van der Waals surface area (Å²) in [6, 6.07) is 4.43. The molecule has 2 saturated heterocycles. The number of rotatable bonds is 9. The molecule has 36 heavy (non-hydrogen) atoms. The van der Waals surface area contributed by atoms with Gasteiger partial charge in [-0.05, 0) is 45.4 Å². The highest BCUT2D eigenvalue weighted by Gasteiger charge is 2.25. The summed E-state index contributed by atoms with van der Waals surface area (Å²) in [5, 5.41) is 3.45. The molecule has 0 radical (unpaired) electrons. The molecule has 3 aliphatic rings. The van der Waals surface area contributed by atoms with Crippen LogP contribution in [0.25, 0.3) is 0 Å². The van der Waals surface area contributed by atoms with E-state index in [0.717, 1.165) is 69.1 Å². The Balaban J connectivity index is 1.19. The van der Waals surface area contributed by atoms with Crippen molar-refractivity contribution >= 4 is 35.9 Å². The molecule has 1 N–H and O–H groups in total. The minimum Gasteiger partial charge on any atom is -0.488 e. The van der Waals surface area contributed by atoms with Crippen LogP contribution in [0.15, 0.2) is 34.5 Å². The van der Waals surface area contributed by atoms with E-state index >= 15 is 0 Å². The van der Waals surface area contributed by atoms with Gasteiger partial charge >= 0.3 is 0 Å². The van der Waals surface area contributed by atoms with Gasteiger partial charge in [-0.15, -0.1) is 0 Å². The maximum Gasteiger partial charge on any atom is 0.223 e. The quantitative estimate of drug-likeness (QED) is 0.523. The van der Waals surface area contributed by atoms with Crippen LogP contribution in [-0.4, -0.2) is 80.7 Å². The molecular formula is C26H34N6O4. The van der Waals surface area contributed by atoms with Gasteiger partial charge in [0.1, 0.15) is 17.5 Å². The summed E-state index contributed by atoms with van der Waals surface area (Å²) < 4.78 is 22.9. The third-order valence-corrected chi connectivity index (χ3v) is 6.68. The van der Waals surface area contributed by atoms with Crippen molar-refractivity contribution in [3.05, 3.63) is 24.5 Å². The molecule has 0 unspecified atom stereocenters. The van der Waals surface area contributed by atoms with Crippen LogP contribution in [0.4, 0.5) is 23.0 Å². The zero-order valence-electron chi connectivity index (χ0n) is 20.8. The smallest absolute Gasteiger partial charge is 0.223 e. The van der Waals surface area contributed by atoms with Crippen molar-refractivity contribution in [1.29, 1.82) is 0 Å². The van der Waals surface area contributed by atoms with Crippen LogP contribution >= 0.6 is 0 Å². The van der Waals surface area contributed by atoms with Gasteiger partial charge in [-0.1, -0.05) is 0 Å². The van der Waals surface area contributed by atoms with Crippen molar-refractivity contribution < 1.29 is 18.9 Å². The van der Waals surface area contributed by atoms with Crippen LogP contribution in [0.3, 0.4) is 0 Å². The molecule has 10 nitrogen and oxygen atoms in total. The maximum absolute atomic E-state index is 6.51. The average Bonchev–Trinajstić information content (AvgIpc) is 2.89. The van der Waals surface area contributed by atoms with Gasteiger partial charge in [-0.3, -0.25) is 9.98 Å². The number of ether oxygens (including phenoxy) is 4. The molecule has 1 saturated carbocycles. The molecule has 0 bridgehead atoms. The second-order valence-corrected chi connectivity index (χ2v) is 9.21. The molecule has 0 spiro atoms. The minimum absolute atomic E-state index is 0.100. The SMILES string of the molecule is C=Nc1c(/N=C\C)cc(N2CCOCC2)cc1O[C@H]1CC[C@@H](Nc2ncc(OC3COC3)cn2)CC1. The van der Waals surface area contributed by atoms with E-state index in [1.54, 1.807) is 18.6 Å². The van der Waals surface area contributed by atoms with Gasteiger partial charge in [0.15, 0.2) is 5.75 Å². The number of nitrogens with zero attached hydrogens (tertiary/aromatic N) is 5. The lowest BCUT2D eigenvalue weighted by atomic mass is 9.93. The van der Waals surface area contributed by atoms with Crippen molar-refractivity contribution in [2.24, 2.45) is 9.98 Å². The Morgan fingerprint density at radius 3 is 2.42 bits per heavy atom. The number of morpholine rings is 1. The van der Waals surface area contributed by atoms with Gasteiger partial charge < -0.3 is 29.2 Å². The first kappa shape index (κ1) is 24.5. The van der Waals surface area contributed by atoms with Gasteiger partial charge in [0, 0.05) is 37.1 Å². The van der Waals surface area contributed by atoms with Crippen LogP contribution in [-0.2, 0) is 9.47 Å². The first-order valence-electron chi connectivity index (χ1n) is 12.7. The van der Waals surface area contributed by atoms with Gasteiger partial charge in [-0.2, -0.15) is 0 Å². The lowest BCUT2D eigenvalue weighted by Gasteiger charge is -2.32. The molecular weight excluding hydrogens is 460 g/mol. The molecule has 1 aromatic heterocycles. The third-order valence-electron chi connectivity index (χ3n) is 6.68. The van der Waals surface area contributed by atoms with Crippen LogP contribution in [0.2, 0.25) is 0 Å². The number of benzene rings is 1. The van der Waals surface area contributed by atoms with E-state index in [1.807, 2.05) is 6.92 Å². The molecule has 2 aromatic rings. The van der Waals surface area contributed by atoms with Crippen molar-refractivity contribution in [3.63, 3.8) is 0 Å². The highest BCUT2D eigenvalue weighted by atomic mass is 16.6. The topological polar surface area (TPSA) is 103 Å². The Morgan fingerprint density at radius 2 is 1.78 bits per heavy atom. The zero-order chi connectivity index (χ0) is 24.7. The lowest BCUT2D eigenvalue weighted by Crippen LogP contribution is -2.38. The number of hydrogen-bond acceptors (Lipinski definition) is 10. The Kier molecular flexibility index (Phi) is 7.92. The summed E-state index contributed by atoms with van der Waals surface area (Å²) in [7, 11) is 0. The van der Waals surface area contributed by atoms with Gasteiger partial charge in [-0.25, -0.2) is 9.97 Å². The minimum atomic E-state index is 0.100. The van der Waals surface area contributed by atoms with Crippen molar-refractivity contribution in [1.82, 2.24) is 9.97 Å². The fraction of sp³-hybridized carbons (Fsp3) is 0.538. The van der Waals surface area contributed by atoms with E-state index in [-0.39, 0.29) is 12.2 Å². The van der Waals surface area contributed by atoms with E-state index in [1.165, 1.54) is 0 Å². The van der Waals surface area contributed by atoms with Crippen LogP contribution < -0.4 is 19.7 Å². The van der Waals surface area contributed by atoms with Crippen molar-refractivity contribution in [2.45, 2.75) is 50.9 Å². The monoisotopic (exact) mass is 494 g/mol. The Morgan fingerprint density at radius 1 is 1.03 bits per heavy atom. The predicted octanol–water partition coefficient (Wildman–Crippen LogP) is 3.95. The van der Waals surface area contributed by atoms with E-state index < -0.39 is 0 Å². The third kappa shape index (κ3) is 5.93. The Hall–Kier alpha value is -3.24. The molecule has 192 valence electrons. The number of hydrogen-bond donors (Lipinski definition) is 1. The largest absolute Gasteiger partial charge is 0.488 e. The summed E-state index contributed by atoms with van der Waals surface area (Å²) in [4.78, 5) is 19.9. The first-order chi connectivity index (χ1) is 17.7. The Bertz CT molecular complexity index is 1050. The zero-order valence-corrected chi connectivity index (χ0v) is 20.8. The highest BCUT2D eigenvalue weighted by molar-refractivity contribution is 5.80. The summed E-state index contributed by atoms with van der Waals surface area (Å²) in [6.45, 7) is 10.1. The van der Waals surface area contributed by atoms with E-state index in [4.69, 9.17) is 18.9 Å². The molecule has 1 aromatic carbocycles. The first-order valence-corrected chi connectivity index (χ1v) is 12.7. The van der Waals surface area contributed by atoms with Crippen LogP contribution in [0.1, 0.15) is 32.6 Å². The van der Waals surface area contributed by atoms with Crippen molar-refractivity contribution in [3.8, 4) is 11.5 Å². The Labute approximate surface area is 211 Å². The van der Waals surface area contributed by atoms with E-state index in [9.17, 15) is 0 Å². The number of aliphatic imine (C=N–C) groups is 2. The fourth-order valence-corrected chi connectivity index (χ4v) is 4.68. The standard InChI is InChI=1S/C26H34N6O4/c1-3-28-23-12-19(32-8-10-33-11-9-32)13-24(25(23)27-2)36-20-6-4-18(5-7-20)31-26-29-14-21(15-30-26)35-22-16-34-17-22/h3,12-15,18,20,22H,2,4-11,16-17H2,1H3,(H,29,30,31)/b28-3-/t18-,20+. The number of nitrogens with one attached hydrogen (secondary N) is 1. The summed E-state index contributed by atoms with van der Waals surface area (Å²) in [5.41, 5.74) is 2.54. The van der Waals surface area contributed by atoms with E-state index in [2.05, 4.69) is 49.0 Å². The average molecular weight is 495 g/mol. The summed E-state index contributed by atoms with van der Waals surface area (Å²) in [5.74, 6) is 2.03. The van der Waals surface area contributed by atoms with Gasteiger partial charge in [0.25, 0.3) is 0 Å². The van der Waals surface area contributed by atoms with Crippen LogP contribution in [0.5, 0.6) is 11.5 Å². The molecule has 5 rings (SSSR count). The van der Waals surface area contributed by atoms with Gasteiger partial charge in [0.05, 0.1) is 50.6 Å². The molecule has 3 fully saturated rings. The molecule has 1 aliphatic carbocycles. The summed E-state index contributed by atoms with van der Waals surface area (Å²) >= 11 is 0. The maximum atomic E-state index is 6.51. The van der Waals surface area contributed by atoms with Gasteiger partial charge in [0.2, 0.25) is 5.95 Å². The van der Waals surface area contributed by atoms with Crippen LogP contribution in [0, 0.1) is 0 Å². The second-order valence-electron chi connectivity index (χ2n) is 9.21. The number of aromatic nitrogens is 2. The fourth-order valence-electron chi connectivity index (χ4n) is 4.68. The summed E-state index contributed by atoms with van der Waals surface area (Å²) in [6.07, 6.45) is 9.18. The normalized spacial score (nSPS) is 22.8. The predicted molar refractivity (Wildman–Crippen MR) is 140 cm³/mol. The van der Waals surface area contributed by atoms with E-state index in [0.29, 0.717) is 36.6 Å². The highest BCUT2D eigenvalue weighted by Crippen LogP contribution is 2.43. The molecule has 0 amide bonds. The lowest BCUT2D eigenvalue weighted by molar-refractivity contribution is -0.0799.